The van der Waals surface area contributed by atoms with Gasteiger partial charge in [0.25, 0.3) is 0 Å². The van der Waals surface area contributed by atoms with Crippen molar-refractivity contribution < 1.29 is 28.8 Å². The molecule has 7 nitrogen and oxygen atoms in total. The molecule has 0 rings (SSSR count). The molecule has 0 aliphatic heterocycles. The van der Waals surface area contributed by atoms with Crippen LogP contribution in [0.1, 0.15) is 78.6 Å². The summed E-state index contributed by atoms with van der Waals surface area (Å²) in [6, 6.07) is 0. The fourth-order valence-corrected chi connectivity index (χ4v) is 2.51. The van der Waals surface area contributed by atoms with Crippen LogP contribution in [0.5, 0.6) is 0 Å². The van der Waals surface area contributed by atoms with Crippen LogP contribution in [0, 0.1) is 0 Å². The van der Waals surface area contributed by atoms with Gasteiger partial charge in [0.15, 0.2) is 0 Å². The van der Waals surface area contributed by atoms with E-state index < -0.39 is 0 Å². The van der Waals surface area contributed by atoms with Crippen LogP contribution in [0.2, 0.25) is 0 Å². The summed E-state index contributed by atoms with van der Waals surface area (Å²) in [5.41, 5.74) is 0. The van der Waals surface area contributed by atoms with Gasteiger partial charge < -0.3 is 19.3 Å². The summed E-state index contributed by atoms with van der Waals surface area (Å²) in [5.74, 6) is -0.157. The van der Waals surface area contributed by atoms with Crippen molar-refractivity contribution in [3.63, 3.8) is 0 Å². The lowest BCUT2D eigenvalue weighted by atomic mass is 10.1. The van der Waals surface area contributed by atoms with E-state index in [1.165, 1.54) is 20.8 Å². The van der Waals surface area contributed by atoms with E-state index in [2.05, 4.69) is 0 Å². The molecule has 0 aromatic rings. The van der Waals surface area contributed by atoms with E-state index in [0.717, 1.165) is 0 Å². The average molecular weight is 395 g/mol. The van der Waals surface area contributed by atoms with Crippen LogP contribution in [-0.4, -0.2) is 59.2 Å². The molecule has 0 aliphatic rings. The smallest absolute Gasteiger partial charge is 0.134 e. The predicted molar refractivity (Wildman–Crippen MR) is 105 cm³/mol. The van der Waals surface area contributed by atoms with Gasteiger partial charge in [0.05, 0.1) is 0 Å². The standard InChI is InChI=1S/C21H33NO6/c1-16(23)4-7-19(26)10-13-22(14-11-20(27)8-5-17(2)24)15-12-21(28)9-6-18(3)25/h4-15H2,1-3H3. The van der Waals surface area contributed by atoms with Crippen molar-refractivity contribution in [3.05, 3.63) is 0 Å². The van der Waals surface area contributed by atoms with E-state index in [1.807, 2.05) is 4.90 Å². The summed E-state index contributed by atoms with van der Waals surface area (Å²) < 4.78 is 0. The maximum Gasteiger partial charge on any atom is 0.134 e. The molecule has 0 spiro atoms. The van der Waals surface area contributed by atoms with Crippen LogP contribution < -0.4 is 0 Å². The molecule has 7 heteroatoms. The Hall–Kier alpha value is -2.02. The fourth-order valence-electron chi connectivity index (χ4n) is 2.51. The lowest BCUT2D eigenvalue weighted by molar-refractivity contribution is -0.124. The highest BCUT2D eigenvalue weighted by Gasteiger charge is 2.14. The first-order chi connectivity index (χ1) is 13.1. The normalized spacial score (nSPS) is 10.7. The Labute approximate surface area is 167 Å². The van der Waals surface area contributed by atoms with Gasteiger partial charge in [0.2, 0.25) is 0 Å². The fraction of sp³-hybridized carbons (Fsp3) is 0.714. The Morgan fingerprint density at radius 2 is 0.679 bits per heavy atom. The lowest BCUT2D eigenvalue weighted by Crippen LogP contribution is -2.31. The maximum atomic E-state index is 11.9. The number of rotatable bonds is 18. The Balaban J connectivity index is 4.50. The zero-order valence-corrected chi connectivity index (χ0v) is 17.4. The topological polar surface area (TPSA) is 106 Å². The Morgan fingerprint density at radius 3 is 0.893 bits per heavy atom. The number of hydrogen-bond donors (Lipinski definition) is 0. The quantitative estimate of drug-likeness (QED) is 0.350. The predicted octanol–water partition coefficient (Wildman–Crippen LogP) is 2.27. The van der Waals surface area contributed by atoms with E-state index in [-0.39, 0.29) is 92.5 Å². The number of Topliss-reactive ketones (excluding diaryl/α,β-unsaturated/α-hetero) is 6. The molecule has 0 aromatic carbocycles. The minimum atomic E-state index is -0.0302. The van der Waals surface area contributed by atoms with Crippen molar-refractivity contribution in [2.75, 3.05) is 19.6 Å². The molecule has 0 amide bonds. The second-order valence-electron chi connectivity index (χ2n) is 7.31. The third-order valence-electron chi connectivity index (χ3n) is 4.39. The van der Waals surface area contributed by atoms with Gasteiger partial charge in [0, 0.05) is 77.4 Å². The van der Waals surface area contributed by atoms with Crippen molar-refractivity contribution in [2.45, 2.75) is 78.6 Å². The summed E-state index contributed by atoms with van der Waals surface area (Å²) in [5, 5.41) is 0. The number of nitrogens with zero attached hydrogens (tertiary/aromatic N) is 1. The molecule has 0 aromatic heterocycles. The third-order valence-corrected chi connectivity index (χ3v) is 4.39. The van der Waals surface area contributed by atoms with Gasteiger partial charge in [-0.2, -0.15) is 0 Å². The number of carbonyl (C=O) groups is 6. The van der Waals surface area contributed by atoms with Crippen molar-refractivity contribution in [1.82, 2.24) is 4.90 Å². The van der Waals surface area contributed by atoms with Gasteiger partial charge in [-0.15, -0.1) is 0 Å². The van der Waals surface area contributed by atoms with Crippen molar-refractivity contribution >= 4 is 34.7 Å². The molecule has 0 N–H and O–H groups in total. The van der Waals surface area contributed by atoms with Crippen LogP contribution in [0.4, 0.5) is 0 Å². The van der Waals surface area contributed by atoms with E-state index >= 15 is 0 Å². The van der Waals surface area contributed by atoms with Crippen LogP contribution in [0.25, 0.3) is 0 Å². The summed E-state index contributed by atoms with van der Waals surface area (Å²) in [7, 11) is 0. The van der Waals surface area contributed by atoms with Gasteiger partial charge in [0.1, 0.15) is 34.7 Å². The zero-order valence-electron chi connectivity index (χ0n) is 17.4. The maximum absolute atomic E-state index is 11.9. The van der Waals surface area contributed by atoms with E-state index in [1.54, 1.807) is 0 Å². The minimum absolute atomic E-state index is 0.0222. The molecular weight excluding hydrogens is 362 g/mol. The molecule has 0 atom stereocenters. The first kappa shape index (κ1) is 26.0. The molecule has 0 unspecified atom stereocenters. The zero-order chi connectivity index (χ0) is 21.5. The molecule has 158 valence electrons. The average Bonchev–Trinajstić information content (AvgIpc) is 2.62. The molecular formula is C21H33NO6. The van der Waals surface area contributed by atoms with Gasteiger partial charge in [-0.3, -0.25) is 14.4 Å². The summed E-state index contributed by atoms with van der Waals surface area (Å²) in [4.78, 5) is 70.5. The molecule has 0 aliphatic carbocycles. The Kier molecular flexibility index (Phi) is 13.9. The first-order valence-electron chi connectivity index (χ1n) is 9.86. The van der Waals surface area contributed by atoms with Crippen molar-refractivity contribution in [1.29, 1.82) is 0 Å². The van der Waals surface area contributed by atoms with E-state index in [4.69, 9.17) is 0 Å². The SMILES string of the molecule is CC(=O)CCC(=O)CCN(CCC(=O)CCC(C)=O)CCC(=O)CCC(C)=O. The Morgan fingerprint density at radius 1 is 0.429 bits per heavy atom. The largest absolute Gasteiger partial charge is 0.302 e. The van der Waals surface area contributed by atoms with Crippen LogP contribution in [0.15, 0.2) is 0 Å². The highest BCUT2D eigenvalue weighted by Crippen LogP contribution is 2.05. The first-order valence-corrected chi connectivity index (χ1v) is 9.86. The summed E-state index contributed by atoms with van der Waals surface area (Å²) in [6.45, 7) is 5.57. The van der Waals surface area contributed by atoms with E-state index in [9.17, 15) is 28.8 Å². The van der Waals surface area contributed by atoms with Gasteiger partial charge >= 0.3 is 0 Å². The molecule has 0 bridgehead atoms. The summed E-state index contributed by atoms with van der Waals surface area (Å²) >= 11 is 0. The highest BCUT2D eigenvalue weighted by molar-refractivity contribution is 5.86. The number of carbonyl (C=O) groups excluding carboxylic acids is 6. The second-order valence-corrected chi connectivity index (χ2v) is 7.31. The molecule has 0 saturated carbocycles. The number of hydrogen-bond acceptors (Lipinski definition) is 7. The summed E-state index contributed by atoms with van der Waals surface area (Å²) in [6.07, 6.45) is 2.09. The third kappa shape index (κ3) is 16.2. The highest BCUT2D eigenvalue weighted by atomic mass is 16.1. The molecule has 0 radical (unpaired) electrons. The molecule has 0 heterocycles. The van der Waals surface area contributed by atoms with Crippen molar-refractivity contribution in [3.8, 4) is 0 Å². The second kappa shape index (κ2) is 15.0. The van der Waals surface area contributed by atoms with Crippen LogP contribution >= 0.6 is 0 Å². The molecule has 0 saturated heterocycles. The molecule has 0 fully saturated rings. The van der Waals surface area contributed by atoms with Gasteiger partial charge in [-0.1, -0.05) is 0 Å². The minimum Gasteiger partial charge on any atom is -0.302 e. The van der Waals surface area contributed by atoms with Crippen molar-refractivity contribution in [2.24, 2.45) is 0 Å². The van der Waals surface area contributed by atoms with Gasteiger partial charge in [-0.05, 0) is 20.8 Å². The van der Waals surface area contributed by atoms with Crippen LogP contribution in [-0.2, 0) is 28.8 Å². The monoisotopic (exact) mass is 395 g/mol. The van der Waals surface area contributed by atoms with Gasteiger partial charge in [-0.25, -0.2) is 0 Å². The molecule has 28 heavy (non-hydrogen) atoms. The van der Waals surface area contributed by atoms with Crippen LogP contribution in [0.3, 0.4) is 0 Å². The van der Waals surface area contributed by atoms with E-state index in [0.29, 0.717) is 19.6 Å². The lowest BCUT2D eigenvalue weighted by Gasteiger charge is -2.21. The Bertz CT molecular complexity index is 501. The number of ketones is 6.